The lowest BCUT2D eigenvalue weighted by molar-refractivity contribution is -0.0712. The maximum atomic E-state index is 12.7. The third-order valence-corrected chi connectivity index (χ3v) is 3.74. The van der Waals surface area contributed by atoms with Crippen molar-refractivity contribution in [3.8, 4) is 5.75 Å². The predicted octanol–water partition coefficient (Wildman–Crippen LogP) is 3.47. The monoisotopic (exact) mass is 262 g/mol. The zero-order valence-corrected chi connectivity index (χ0v) is 12.3. The first-order valence-electron chi connectivity index (χ1n) is 6.64. The average molecular weight is 262 g/mol. The van der Waals surface area contributed by atoms with Crippen molar-refractivity contribution in [1.29, 1.82) is 0 Å². The van der Waals surface area contributed by atoms with Gasteiger partial charge in [-0.15, -0.1) is 0 Å². The summed E-state index contributed by atoms with van der Waals surface area (Å²) in [6.07, 6.45) is 0.746. The molecular weight excluding hydrogens is 240 g/mol. The van der Waals surface area contributed by atoms with Crippen molar-refractivity contribution in [1.82, 2.24) is 0 Å². The van der Waals surface area contributed by atoms with Crippen LogP contribution in [0.1, 0.15) is 44.5 Å². The molecule has 0 N–H and O–H groups in total. The lowest BCUT2D eigenvalue weighted by atomic mass is 9.81. The summed E-state index contributed by atoms with van der Waals surface area (Å²) in [7, 11) is 1.61. The number of ketones is 1. The van der Waals surface area contributed by atoms with E-state index in [-0.39, 0.29) is 17.3 Å². The fourth-order valence-corrected chi connectivity index (χ4v) is 2.95. The van der Waals surface area contributed by atoms with Crippen LogP contribution in [0.2, 0.25) is 0 Å². The molecule has 19 heavy (non-hydrogen) atoms. The van der Waals surface area contributed by atoms with Gasteiger partial charge in [-0.05, 0) is 46.2 Å². The topological polar surface area (TPSA) is 35.5 Å². The number of benzene rings is 1. The summed E-state index contributed by atoms with van der Waals surface area (Å²) >= 11 is 0. The molecule has 2 rings (SSSR count). The third kappa shape index (κ3) is 2.81. The molecule has 0 amide bonds. The molecule has 0 radical (unpaired) electrons. The highest BCUT2D eigenvalue weighted by atomic mass is 16.5. The van der Waals surface area contributed by atoms with Gasteiger partial charge in [0, 0.05) is 5.56 Å². The van der Waals surface area contributed by atoms with Gasteiger partial charge in [0.25, 0.3) is 0 Å². The van der Waals surface area contributed by atoms with E-state index in [0.29, 0.717) is 11.3 Å². The molecule has 1 heterocycles. The lowest BCUT2D eigenvalue weighted by Crippen LogP contribution is -2.33. The molecule has 0 spiro atoms. The van der Waals surface area contributed by atoms with Crippen LogP contribution in [0.25, 0.3) is 0 Å². The summed E-state index contributed by atoms with van der Waals surface area (Å²) in [4.78, 5) is 12.7. The molecule has 3 heteroatoms. The van der Waals surface area contributed by atoms with Crippen molar-refractivity contribution in [2.45, 2.75) is 45.3 Å². The smallest absolute Gasteiger partial charge is 0.169 e. The zero-order chi connectivity index (χ0) is 14.3. The SMILES string of the molecule is COc1cccc(C(=O)C2CC(C)(C)OC2(C)C)c1. The summed E-state index contributed by atoms with van der Waals surface area (Å²) in [5.41, 5.74) is 0.0190. The van der Waals surface area contributed by atoms with Crippen LogP contribution >= 0.6 is 0 Å². The van der Waals surface area contributed by atoms with E-state index >= 15 is 0 Å². The number of rotatable bonds is 3. The van der Waals surface area contributed by atoms with Gasteiger partial charge in [0.15, 0.2) is 5.78 Å². The molecule has 1 aromatic rings. The number of hydrogen-bond donors (Lipinski definition) is 0. The minimum Gasteiger partial charge on any atom is -0.497 e. The molecule has 1 fully saturated rings. The Morgan fingerprint density at radius 3 is 2.53 bits per heavy atom. The van der Waals surface area contributed by atoms with Crippen LogP contribution in [-0.4, -0.2) is 24.1 Å². The van der Waals surface area contributed by atoms with E-state index in [4.69, 9.17) is 9.47 Å². The largest absolute Gasteiger partial charge is 0.497 e. The van der Waals surface area contributed by atoms with Crippen molar-refractivity contribution in [2.24, 2.45) is 5.92 Å². The van der Waals surface area contributed by atoms with Gasteiger partial charge >= 0.3 is 0 Å². The number of carbonyl (C=O) groups excluding carboxylic acids is 1. The van der Waals surface area contributed by atoms with Crippen molar-refractivity contribution in [2.75, 3.05) is 7.11 Å². The standard InChI is InChI=1S/C16H22O3/c1-15(2)10-13(16(3,4)19-15)14(17)11-7-6-8-12(9-11)18-5/h6-9,13H,10H2,1-5H3. The van der Waals surface area contributed by atoms with Crippen LogP contribution in [0.15, 0.2) is 24.3 Å². The summed E-state index contributed by atoms with van der Waals surface area (Å²) in [5.74, 6) is 0.728. The van der Waals surface area contributed by atoms with Crippen molar-refractivity contribution >= 4 is 5.78 Å². The van der Waals surface area contributed by atoms with Crippen LogP contribution in [0.3, 0.4) is 0 Å². The molecule has 1 saturated heterocycles. The first-order chi connectivity index (χ1) is 8.75. The molecule has 1 aliphatic rings. The lowest BCUT2D eigenvalue weighted by Gasteiger charge is -2.26. The minimum absolute atomic E-state index is 0.116. The van der Waals surface area contributed by atoms with E-state index in [2.05, 4.69) is 0 Å². The Morgan fingerprint density at radius 2 is 2.00 bits per heavy atom. The van der Waals surface area contributed by atoms with Crippen LogP contribution in [0, 0.1) is 5.92 Å². The number of ether oxygens (including phenoxy) is 2. The number of Topliss-reactive ketones (excluding diaryl/α,β-unsaturated/α-hetero) is 1. The molecule has 0 saturated carbocycles. The highest BCUT2D eigenvalue weighted by molar-refractivity contribution is 5.99. The zero-order valence-electron chi connectivity index (χ0n) is 12.3. The van der Waals surface area contributed by atoms with Gasteiger partial charge in [-0.25, -0.2) is 0 Å². The summed E-state index contributed by atoms with van der Waals surface area (Å²) in [6, 6.07) is 7.33. The van der Waals surface area contributed by atoms with Crippen molar-refractivity contribution in [3.05, 3.63) is 29.8 Å². The van der Waals surface area contributed by atoms with Crippen LogP contribution in [-0.2, 0) is 4.74 Å². The number of hydrogen-bond acceptors (Lipinski definition) is 3. The van der Waals surface area contributed by atoms with E-state index in [1.165, 1.54) is 0 Å². The Morgan fingerprint density at radius 1 is 1.32 bits per heavy atom. The summed E-state index contributed by atoms with van der Waals surface area (Å²) in [5, 5.41) is 0. The average Bonchev–Trinajstić information content (AvgIpc) is 2.56. The molecule has 1 aromatic carbocycles. The summed E-state index contributed by atoms with van der Waals surface area (Å²) < 4.78 is 11.2. The molecule has 0 bridgehead atoms. The van der Waals surface area contributed by atoms with Crippen LogP contribution in [0.5, 0.6) is 5.75 Å². The fourth-order valence-electron chi connectivity index (χ4n) is 2.95. The van der Waals surface area contributed by atoms with E-state index in [1.807, 2.05) is 45.9 Å². The van der Waals surface area contributed by atoms with Gasteiger partial charge in [-0.2, -0.15) is 0 Å². The van der Waals surface area contributed by atoms with Crippen molar-refractivity contribution < 1.29 is 14.3 Å². The maximum Gasteiger partial charge on any atom is 0.169 e. The molecule has 0 aromatic heterocycles. The molecule has 0 aliphatic carbocycles. The van der Waals surface area contributed by atoms with Gasteiger partial charge < -0.3 is 9.47 Å². The van der Waals surface area contributed by atoms with Gasteiger partial charge in [0.2, 0.25) is 0 Å². The summed E-state index contributed by atoms with van der Waals surface area (Å²) in [6.45, 7) is 8.05. The Balaban J connectivity index is 2.29. The molecule has 104 valence electrons. The molecule has 3 nitrogen and oxygen atoms in total. The molecule has 1 atom stereocenters. The second kappa shape index (κ2) is 4.64. The number of carbonyl (C=O) groups is 1. The minimum atomic E-state index is -0.427. The fraction of sp³-hybridized carbons (Fsp3) is 0.562. The van der Waals surface area contributed by atoms with E-state index in [9.17, 15) is 4.79 Å². The van der Waals surface area contributed by atoms with E-state index in [1.54, 1.807) is 13.2 Å². The first kappa shape index (κ1) is 14.1. The molecule has 1 unspecified atom stereocenters. The van der Waals surface area contributed by atoms with Crippen LogP contribution in [0.4, 0.5) is 0 Å². The van der Waals surface area contributed by atoms with Gasteiger partial charge in [0.05, 0.1) is 24.2 Å². The number of methoxy groups -OCH3 is 1. The Kier molecular flexibility index (Phi) is 3.43. The normalized spacial score (nSPS) is 24.2. The highest BCUT2D eigenvalue weighted by Gasteiger charge is 2.49. The van der Waals surface area contributed by atoms with Gasteiger partial charge in [-0.1, -0.05) is 12.1 Å². The quantitative estimate of drug-likeness (QED) is 0.782. The van der Waals surface area contributed by atoms with Gasteiger partial charge in [-0.3, -0.25) is 4.79 Å². The predicted molar refractivity (Wildman–Crippen MR) is 74.7 cm³/mol. The first-order valence-corrected chi connectivity index (χ1v) is 6.64. The second-order valence-electron chi connectivity index (χ2n) is 6.32. The molecule has 1 aliphatic heterocycles. The van der Waals surface area contributed by atoms with Gasteiger partial charge in [0.1, 0.15) is 5.75 Å². The molecular formula is C16H22O3. The van der Waals surface area contributed by atoms with Crippen molar-refractivity contribution in [3.63, 3.8) is 0 Å². The second-order valence-corrected chi connectivity index (χ2v) is 6.32. The van der Waals surface area contributed by atoms with E-state index < -0.39 is 5.60 Å². The maximum absolute atomic E-state index is 12.7. The Labute approximate surface area is 114 Å². The van der Waals surface area contributed by atoms with E-state index in [0.717, 1.165) is 6.42 Å². The van der Waals surface area contributed by atoms with Crippen LogP contribution < -0.4 is 4.74 Å². The Bertz CT molecular complexity index is 489. The Hall–Kier alpha value is -1.35. The highest BCUT2D eigenvalue weighted by Crippen LogP contribution is 2.43. The third-order valence-electron chi connectivity index (χ3n) is 3.74.